The average molecular weight is 415 g/mol. The number of benzene rings is 3. The molecule has 1 amide bonds. The number of anilines is 1. The van der Waals surface area contributed by atoms with Crippen LogP contribution < -0.4 is 5.32 Å². The molecule has 0 fully saturated rings. The van der Waals surface area contributed by atoms with Gasteiger partial charge in [-0.05, 0) is 48.2 Å². The van der Waals surface area contributed by atoms with Crippen LogP contribution in [0.4, 0.5) is 5.69 Å². The van der Waals surface area contributed by atoms with Gasteiger partial charge >= 0.3 is 0 Å². The van der Waals surface area contributed by atoms with Crippen LogP contribution in [0.5, 0.6) is 0 Å². The van der Waals surface area contributed by atoms with Gasteiger partial charge in [0.15, 0.2) is 0 Å². The summed E-state index contributed by atoms with van der Waals surface area (Å²) in [5, 5.41) is 4.44. The van der Waals surface area contributed by atoms with Crippen molar-refractivity contribution in [3.63, 3.8) is 0 Å². The number of hydrogen-bond donors (Lipinski definition) is 1. The predicted octanol–water partition coefficient (Wildman–Crippen LogP) is 7.32. The fourth-order valence-corrected chi connectivity index (χ4v) is 3.73. The molecule has 4 rings (SSSR count). The van der Waals surface area contributed by atoms with Gasteiger partial charge in [-0.1, -0.05) is 74.0 Å². The van der Waals surface area contributed by atoms with Crippen molar-refractivity contribution in [3.05, 3.63) is 95.0 Å². The summed E-state index contributed by atoms with van der Waals surface area (Å²) < 4.78 is 0. The van der Waals surface area contributed by atoms with Gasteiger partial charge in [0.2, 0.25) is 0 Å². The molecule has 150 valence electrons. The SMILES string of the molecule is CC[C@@H](C)c1ccc(NC(=O)c2cc(-c3ccccc3Cl)nc3ccccc23)cc1. The molecule has 3 aromatic carbocycles. The topological polar surface area (TPSA) is 42.0 Å². The number of para-hydroxylation sites is 1. The third kappa shape index (κ3) is 4.07. The maximum absolute atomic E-state index is 13.2. The van der Waals surface area contributed by atoms with Crippen LogP contribution in [0.1, 0.15) is 42.1 Å². The number of nitrogens with one attached hydrogen (secondary N) is 1. The Bertz CT molecular complexity index is 1200. The lowest BCUT2D eigenvalue weighted by Crippen LogP contribution is -2.13. The van der Waals surface area contributed by atoms with E-state index in [-0.39, 0.29) is 5.91 Å². The number of fused-ring (bicyclic) bond motifs is 1. The lowest BCUT2D eigenvalue weighted by Gasteiger charge is -2.13. The van der Waals surface area contributed by atoms with Crippen LogP contribution in [0.3, 0.4) is 0 Å². The molecule has 0 aliphatic carbocycles. The zero-order valence-corrected chi connectivity index (χ0v) is 17.8. The van der Waals surface area contributed by atoms with Gasteiger partial charge in [-0.25, -0.2) is 4.98 Å². The summed E-state index contributed by atoms with van der Waals surface area (Å²) in [7, 11) is 0. The van der Waals surface area contributed by atoms with Gasteiger partial charge in [0.1, 0.15) is 0 Å². The standard InChI is InChI=1S/C26H23ClN2O/c1-3-17(2)18-12-14-19(15-13-18)28-26(30)22-16-25(21-9-4-6-10-23(21)27)29-24-11-7-5-8-20(22)24/h4-17H,3H2,1-2H3,(H,28,30)/t17-/m1/s1. The molecule has 0 saturated carbocycles. The molecule has 0 aliphatic rings. The number of carbonyl (C=O) groups is 1. The van der Waals surface area contributed by atoms with E-state index in [1.54, 1.807) is 0 Å². The zero-order valence-electron chi connectivity index (χ0n) is 17.0. The van der Waals surface area contributed by atoms with E-state index in [0.717, 1.165) is 28.6 Å². The third-order valence-corrected chi connectivity index (χ3v) is 5.79. The molecule has 0 aliphatic heterocycles. The minimum absolute atomic E-state index is 0.168. The van der Waals surface area contributed by atoms with Crippen LogP contribution in [0.2, 0.25) is 5.02 Å². The van der Waals surface area contributed by atoms with Crippen molar-refractivity contribution in [2.24, 2.45) is 0 Å². The van der Waals surface area contributed by atoms with Gasteiger partial charge in [-0.3, -0.25) is 4.79 Å². The highest BCUT2D eigenvalue weighted by molar-refractivity contribution is 6.33. The number of amides is 1. The van der Waals surface area contributed by atoms with E-state index in [2.05, 4.69) is 31.3 Å². The summed E-state index contributed by atoms with van der Waals surface area (Å²) in [4.78, 5) is 17.9. The van der Waals surface area contributed by atoms with E-state index in [9.17, 15) is 4.79 Å². The van der Waals surface area contributed by atoms with Crippen LogP contribution >= 0.6 is 11.6 Å². The fourth-order valence-electron chi connectivity index (χ4n) is 3.50. The van der Waals surface area contributed by atoms with Crippen LogP contribution in [0, 0.1) is 0 Å². The second-order valence-corrected chi connectivity index (χ2v) is 7.84. The molecular weight excluding hydrogens is 392 g/mol. The molecule has 4 aromatic rings. The van der Waals surface area contributed by atoms with Crippen LogP contribution in [0.15, 0.2) is 78.9 Å². The number of pyridine rings is 1. The Morgan fingerprint density at radius 3 is 2.43 bits per heavy atom. The van der Waals surface area contributed by atoms with Crippen molar-refractivity contribution in [2.75, 3.05) is 5.32 Å². The van der Waals surface area contributed by atoms with E-state index in [1.165, 1.54) is 5.56 Å². The van der Waals surface area contributed by atoms with Crippen molar-refractivity contribution in [2.45, 2.75) is 26.2 Å². The van der Waals surface area contributed by atoms with E-state index in [4.69, 9.17) is 16.6 Å². The van der Waals surface area contributed by atoms with Crippen LogP contribution in [-0.4, -0.2) is 10.9 Å². The summed E-state index contributed by atoms with van der Waals surface area (Å²) in [5.41, 5.74) is 4.85. The number of aromatic nitrogens is 1. The van der Waals surface area contributed by atoms with E-state index in [0.29, 0.717) is 22.2 Å². The quantitative estimate of drug-likeness (QED) is 0.371. The normalized spacial score (nSPS) is 12.0. The summed E-state index contributed by atoms with van der Waals surface area (Å²) in [6.07, 6.45) is 1.08. The highest BCUT2D eigenvalue weighted by Crippen LogP contribution is 2.30. The lowest BCUT2D eigenvalue weighted by atomic mass is 9.98. The van der Waals surface area contributed by atoms with Gasteiger partial charge in [0.05, 0.1) is 16.8 Å². The van der Waals surface area contributed by atoms with E-state index < -0.39 is 0 Å². The number of carbonyl (C=O) groups excluding carboxylic acids is 1. The second kappa shape index (κ2) is 8.68. The number of nitrogens with zero attached hydrogens (tertiary/aromatic N) is 1. The Labute approximate surface area is 181 Å². The number of halogens is 1. The molecule has 3 nitrogen and oxygen atoms in total. The Kier molecular flexibility index (Phi) is 5.82. The highest BCUT2D eigenvalue weighted by atomic mass is 35.5. The molecule has 1 heterocycles. The Balaban J connectivity index is 1.72. The first-order valence-electron chi connectivity index (χ1n) is 10.1. The molecule has 0 radical (unpaired) electrons. The molecule has 0 spiro atoms. The molecule has 4 heteroatoms. The Hall–Kier alpha value is -3.17. The second-order valence-electron chi connectivity index (χ2n) is 7.44. The Morgan fingerprint density at radius 1 is 1.00 bits per heavy atom. The molecule has 30 heavy (non-hydrogen) atoms. The average Bonchev–Trinajstić information content (AvgIpc) is 2.78. The van der Waals surface area contributed by atoms with Gasteiger partial charge in [-0.2, -0.15) is 0 Å². The predicted molar refractivity (Wildman–Crippen MR) is 125 cm³/mol. The first kappa shape index (κ1) is 20.1. The van der Waals surface area contributed by atoms with Crippen LogP contribution in [-0.2, 0) is 0 Å². The maximum atomic E-state index is 13.2. The van der Waals surface area contributed by atoms with E-state index >= 15 is 0 Å². The third-order valence-electron chi connectivity index (χ3n) is 5.46. The molecule has 0 bridgehead atoms. The Morgan fingerprint density at radius 2 is 1.70 bits per heavy atom. The number of rotatable bonds is 5. The van der Waals surface area contributed by atoms with Gasteiger partial charge in [0.25, 0.3) is 5.91 Å². The van der Waals surface area contributed by atoms with Crippen molar-refractivity contribution < 1.29 is 4.79 Å². The lowest BCUT2D eigenvalue weighted by molar-refractivity contribution is 0.102. The molecule has 1 aromatic heterocycles. The van der Waals surface area contributed by atoms with Crippen molar-refractivity contribution in [3.8, 4) is 11.3 Å². The first-order chi connectivity index (χ1) is 14.6. The van der Waals surface area contributed by atoms with Gasteiger partial charge in [-0.15, -0.1) is 0 Å². The minimum Gasteiger partial charge on any atom is -0.322 e. The highest BCUT2D eigenvalue weighted by Gasteiger charge is 2.15. The van der Waals surface area contributed by atoms with E-state index in [1.807, 2.05) is 66.7 Å². The van der Waals surface area contributed by atoms with Crippen molar-refractivity contribution in [1.82, 2.24) is 4.98 Å². The molecule has 1 atom stereocenters. The fraction of sp³-hybridized carbons (Fsp3) is 0.154. The smallest absolute Gasteiger partial charge is 0.256 e. The summed E-state index contributed by atoms with van der Waals surface area (Å²) >= 11 is 6.38. The molecule has 1 N–H and O–H groups in total. The summed E-state index contributed by atoms with van der Waals surface area (Å²) in [5.74, 6) is 0.329. The summed E-state index contributed by atoms with van der Waals surface area (Å²) in [6.45, 7) is 4.37. The van der Waals surface area contributed by atoms with Gasteiger partial charge < -0.3 is 5.32 Å². The molecule has 0 unspecified atom stereocenters. The largest absolute Gasteiger partial charge is 0.322 e. The van der Waals surface area contributed by atoms with Gasteiger partial charge in [0, 0.05) is 21.7 Å². The van der Waals surface area contributed by atoms with Crippen molar-refractivity contribution in [1.29, 1.82) is 0 Å². The molecular formula is C26H23ClN2O. The zero-order chi connectivity index (χ0) is 21.1. The summed E-state index contributed by atoms with van der Waals surface area (Å²) in [6, 6.07) is 25.1. The number of hydrogen-bond acceptors (Lipinski definition) is 2. The first-order valence-corrected chi connectivity index (χ1v) is 10.5. The maximum Gasteiger partial charge on any atom is 0.256 e. The van der Waals surface area contributed by atoms with Crippen molar-refractivity contribution >= 4 is 34.1 Å². The molecule has 0 saturated heterocycles. The van der Waals surface area contributed by atoms with Crippen LogP contribution in [0.25, 0.3) is 22.2 Å². The monoisotopic (exact) mass is 414 g/mol. The minimum atomic E-state index is -0.168.